The molecule has 0 bridgehead atoms. The van der Waals surface area contributed by atoms with E-state index in [-0.39, 0.29) is 11.7 Å². The van der Waals surface area contributed by atoms with Crippen molar-refractivity contribution < 1.29 is 23.0 Å². The molecule has 2 rings (SSSR count). The Balaban J connectivity index is 2.17. The molecule has 5 heteroatoms. The van der Waals surface area contributed by atoms with E-state index in [1.807, 2.05) is 0 Å². The zero-order chi connectivity index (χ0) is 12.3. The van der Waals surface area contributed by atoms with Crippen molar-refractivity contribution in [2.45, 2.75) is 18.9 Å². The molecule has 0 saturated carbocycles. The molecule has 0 spiro atoms. The molecular formula is C12H12F2O3. The van der Waals surface area contributed by atoms with Gasteiger partial charge in [-0.3, -0.25) is 4.79 Å². The van der Waals surface area contributed by atoms with Crippen LogP contribution in [0.4, 0.5) is 8.78 Å². The summed E-state index contributed by atoms with van der Waals surface area (Å²) in [5.41, 5.74) is -0.0423. The zero-order valence-corrected chi connectivity index (χ0v) is 9.12. The van der Waals surface area contributed by atoms with Crippen molar-refractivity contribution in [3.05, 3.63) is 29.3 Å². The lowest BCUT2D eigenvalue weighted by Crippen LogP contribution is -2.26. The van der Waals surface area contributed by atoms with Gasteiger partial charge in [-0.1, -0.05) is 0 Å². The number of halogens is 2. The lowest BCUT2D eigenvalue weighted by Gasteiger charge is -2.23. The second kappa shape index (κ2) is 5.23. The largest absolute Gasteiger partial charge is 0.484 e. The first-order valence-electron chi connectivity index (χ1n) is 5.39. The molecule has 17 heavy (non-hydrogen) atoms. The number of carbonyl (C=O) groups excluding carboxylic acids is 1. The molecule has 0 atom stereocenters. The number of hydrogen-bond acceptors (Lipinski definition) is 3. The lowest BCUT2D eigenvalue weighted by atomic mass is 10.1. The third kappa shape index (κ3) is 2.79. The van der Waals surface area contributed by atoms with E-state index >= 15 is 0 Å². The fourth-order valence-corrected chi connectivity index (χ4v) is 1.72. The minimum atomic E-state index is -0.849. The normalized spacial score (nSPS) is 16.8. The monoisotopic (exact) mass is 242 g/mol. The highest BCUT2D eigenvalue weighted by Crippen LogP contribution is 2.26. The molecule has 0 radical (unpaired) electrons. The molecule has 1 aliphatic rings. The van der Waals surface area contributed by atoms with E-state index in [0.29, 0.717) is 32.3 Å². The van der Waals surface area contributed by atoms with Crippen LogP contribution in [0.25, 0.3) is 0 Å². The number of aldehydes is 1. The topological polar surface area (TPSA) is 35.5 Å². The Morgan fingerprint density at radius 2 is 1.82 bits per heavy atom. The second-order valence-electron chi connectivity index (χ2n) is 3.86. The lowest BCUT2D eigenvalue weighted by molar-refractivity contribution is 0.0223. The molecule has 1 aliphatic heterocycles. The van der Waals surface area contributed by atoms with Gasteiger partial charge in [0, 0.05) is 18.4 Å². The van der Waals surface area contributed by atoms with Gasteiger partial charge in [-0.25, -0.2) is 8.78 Å². The van der Waals surface area contributed by atoms with Gasteiger partial charge < -0.3 is 9.47 Å². The minimum absolute atomic E-state index is 0.0423. The van der Waals surface area contributed by atoms with Crippen LogP contribution in [0.1, 0.15) is 23.2 Å². The molecular weight excluding hydrogens is 230 g/mol. The van der Waals surface area contributed by atoms with Crippen LogP contribution in [-0.4, -0.2) is 25.6 Å². The Labute approximate surface area is 97.3 Å². The molecule has 0 unspecified atom stereocenters. The van der Waals surface area contributed by atoms with E-state index in [0.717, 1.165) is 12.1 Å². The molecule has 1 heterocycles. The minimum Gasteiger partial charge on any atom is -0.484 e. The van der Waals surface area contributed by atoms with Crippen molar-refractivity contribution in [1.82, 2.24) is 0 Å². The van der Waals surface area contributed by atoms with E-state index < -0.39 is 17.4 Å². The summed E-state index contributed by atoms with van der Waals surface area (Å²) < 4.78 is 37.4. The average Bonchev–Trinajstić information content (AvgIpc) is 2.35. The van der Waals surface area contributed by atoms with Gasteiger partial charge in [-0.2, -0.15) is 0 Å². The summed E-state index contributed by atoms with van der Waals surface area (Å²) in [5, 5.41) is 0. The van der Waals surface area contributed by atoms with E-state index in [9.17, 15) is 13.6 Å². The molecule has 3 nitrogen and oxygen atoms in total. The predicted octanol–water partition coefficient (Wildman–Crippen LogP) is 2.34. The summed E-state index contributed by atoms with van der Waals surface area (Å²) in [6.45, 7) is 1.06. The van der Waals surface area contributed by atoms with E-state index in [1.165, 1.54) is 0 Å². The van der Waals surface area contributed by atoms with Gasteiger partial charge in [0.05, 0.1) is 13.2 Å². The smallest absolute Gasteiger partial charge is 0.191 e. The molecule has 0 amide bonds. The van der Waals surface area contributed by atoms with Crippen molar-refractivity contribution in [3.63, 3.8) is 0 Å². The van der Waals surface area contributed by atoms with Crippen LogP contribution in [0.3, 0.4) is 0 Å². The Kier molecular flexibility index (Phi) is 3.68. The van der Waals surface area contributed by atoms with E-state index in [4.69, 9.17) is 9.47 Å². The molecule has 1 aromatic rings. The number of ether oxygens (including phenoxy) is 2. The van der Waals surface area contributed by atoms with Gasteiger partial charge in [0.2, 0.25) is 0 Å². The summed E-state index contributed by atoms with van der Waals surface area (Å²) in [6.07, 6.45) is 1.36. The number of rotatable bonds is 3. The summed E-state index contributed by atoms with van der Waals surface area (Å²) in [4.78, 5) is 10.4. The Bertz CT molecular complexity index is 391. The van der Waals surface area contributed by atoms with Crippen molar-refractivity contribution in [3.8, 4) is 5.75 Å². The Morgan fingerprint density at radius 3 is 2.35 bits per heavy atom. The maximum Gasteiger partial charge on any atom is 0.191 e. The molecule has 1 saturated heterocycles. The van der Waals surface area contributed by atoms with Crippen LogP contribution in [0, 0.1) is 11.6 Å². The van der Waals surface area contributed by atoms with Gasteiger partial charge in [0.15, 0.2) is 17.4 Å². The first-order chi connectivity index (χ1) is 8.20. The van der Waals surface area contributed by atoms with Gasteiger partial charge in [0.25, 0.3) is 0 Å². The predicted molar refractivity (Wildman–Crippen MR) is 56.2 cm³/mol. The highest BCUT2D eigenvalue weighted by molar-refractivity contribution is 5.75. The standard InChI is InChI=1S/C12H12F2O3/c13-10-5-8(7-15)6-11(14)12(10)17-9-1-3-16-4-2-9/h5-7,9H,1-4H2. The van der Waals surface area contributed by atoms with Crippen LogP contribution in [0.5, 0.6) is 5.75 Å². The molecule has 1 aromatic carbocycles. The average molecular weight is 242 g/mol. The van der Waals surface area contributed by atoms with Gasteiger partial charge in [0.1, 0.15) is 12.4 Å². The van der Waals surface area contributed by atoms with E-state index in [2.05, 4.69) is 0 Å². The molecule has 0 aliphatic carbocycles. The molecule has 0 aromatic heterocycles. The van der Waals surface area contributed by atoms with Crippen molar-refractivity contribution in [1.29, 1.82) is 0 Å². The first kappa shape index (κ1) is 12.0. The third-order valence-corrected chi connectivity index (χ3v) is 2.61. The van der Waals surface area contributed by atoms with Crippen molar-refractivity contribution in [2.24, 2.45) is 0 Å². The van der Waals surface area contributed by atoms with Crippen LogP contribution < -0.4 is 4.74 Å². The number of carbonyl (C=O) groups is 1. The quantitative estimate of drug-likeness (QED) is 0.763. The maximum absolute atomic E-state index is 13.5. The van der Waals surface area contributed by atoms with Gasteiger partial charge in [-0.15, -0.1) is 0 Å². The summed E-state index contributed by atoms with van der Waals surface area (Å²) in [5.74, 6) is -2.11. The van der Waals surface area contributed by atoms with Crippen LogP contribution in [0.2, 0.25) is 0 Å². The van der Waals surface area contributed by atoms with Crippen LogP contribution >= 0.6 is 0 Å². The molecule has 92 valence electrons. The maximum atomic E-state index is 13.5. The second-order valence-corrected chi connectivity index (χ2v) is 3.86. The summed E-state index contributed by atoms with van der Waals surface area (Å²) >= 11 is 0. The van der Waals surface area contributed by atoms with Crippen LogP contribution in [0.15, 0.2) is 12.1 Å². The SMILES string of the molecule is O=Cc1cc(F)c(OC2CCOCC2)c(F)c1. The molecule has 0 N–H and O–H groups in total. The fraction of sp³-hybridized carbons (Fsp3) is 0.417. The highest BCUT2D eigenvalue weighted by Gasteiger charge is 2.20. The van der Waals surface area contributed by atoms with Gasteiger partial charge >= 0.3 is 0 Å². The summed E-state index contributed by atoms with van der Waals surface area (Å²) in [6, 6.07) is 1.93. The van der Waals surface area contributed by atoms with Gasteiger partial charge in [-0.05, 0) is 12.1 Å². The van der Waals surface area contributed by atoms with Crippen LogP contribution in [-0.2, 0) is 4.74 Å². The van der Waals surface area contributed by atoms with Crippen molar-refractivity contribution in [2.75, 3.05) is 13.2 Å². The zero-order valence-electron chi connectivity index (χ0n) is 9.12. The number of hydrogen-bond donors (Lipinski definition) is 0. The van der Waals surface area contributed by atoms with Crippen molar-refractivity contribution >= 4 is 6.29 Å². The first-order valence-corrected chi connectivity index (χ1v) is 5.39. The third-order valence-electron chi connectivity index (χ3n) is 2.61. The van der Waals surface area contributed by atoms with E-state index in [1.54, 1.807) is 0 Å². The number of benzene rings is 1. The molecule has 1 fully saturated rings. The highest BCUT2D eigenvalue weighted by atomic mass is 19.1. The fourth-order valence-electron chi connectivity index (χ4n) is 1.72. The Morgan fingerprint density at radius 1 is 1.24 bits per heavy atom. The Hall–Kier alpha value is -1.49. The summed E-state index contributed by atoms with van der Waals surface area (Å²) in [7, 11) is 0.